The predicted octanol–water partition coefficient (Wildman–Crippen LogP) is 3.53. The smallest absolute Gasteiger partial charge is 0.309 e. The van der Waals surface area contributed by atoms with Crippen LogP contribution < -0.4 is 10.1 Å². The molecule has 1 aliphatic heterocycles. The third-order valence-electron chi connectivity index (χ3n) is 4.18. The number of nitrogens with one attached hydrogen (secondary N) is 1. The summed E-state index contributed by atoms with van der Waals surface area (Å²) in [6, 6.07) is 5.17. The molecular weight excluding hydrogens is 432 g/mol. The molecule has 1 aromatic carbocycles. The molecule has 148 valence electrons. The van der Waals surface area contributed by atoms with Crippen LogP contribution in [0, 0.1) is 5.92 Å². The van der Waals surface area contributed by atoms with E-state index in [1.807, 2.05) is 18.7 Å². The van der Waals surface area contributed by atoms with Crippen LogP contribution in [0.2, 0.25) is 0 Å². The van der Waals surface area contributed by atoms with E-state index in [4.69, 9.17) is 21.7 Å². The summed E-state index contributed by atoms with van der Waals surface area (Å²) < 4.78 is 11.4. The summed E-state index contributed by atoms with van der Waals surface area (Å²) in [5, 5.41) is 3.14. The van der Waals surface area contributed by atoms with E-state index in [2.05, 4.69) is 21.2 Å². The number of carbonyl (C=O) groups excluding carboxylic acids is 2. The van der Waals surface area contributed by atoms with E-state index < -0.39 is 0 Å². The predicted molar refractivity (Wildman–Crippen MR) is 111 cm³/mol. The highest BCUT2D eigenvalue weighted by Gasteiger charge is 2.27. The van der Waals surface area contributed by atoms with Crippen LogP contribution in [0.1, 0.15) is 44.0 Å². The van der Waals surface area contributed by atoms with Gasteiger partial charge in [0.05, 0.1) is 23.1 Å². The molecule has 0 aliphatic carbocycles. The molecular formula is C19H25BrN2O4S. The van der Waals surface area contributed by atoms with E-state index in [0.717, 1.165) is 0 Å². The summed E-state index contributed by atoms with van der Waals surface area (Å²) in [7, 11) is 0. The Balaban J connectivity index is 1.90. The SMILES string of the molecule is CCOC(=O)C1CCN(C(=S)NC(=O)c2ccc(OC(C)C)c(Br)c2)CC1. The van der Waals surface area contributed by atoms with Crippen LogP contribution in [-0.2, 0) is 9.53 Å². The highest BCUT2D eigenvalue weighted by atomic mass is 79.9. The Kier molecular flexibility index (Phi) is 8.04. The van der Waals surface area contributed by atoms with Crippen LogP contribution in [0.4, 0.5) is 0 Å². The lowest BCUT2D eigenvalue weighted by atomic mass is 9.97. The Morgan fingerprint density at radius 3 is 2.56 bits per heavy atom. The minimum Gasteiger partial charge on any atom is -0.490 e. The fraction of sp³-hybridized carbons (Fsp3) is 0.526. The standard InChI is InChI=1S/C19H25BrN2O4S/c1-4-25-18(24)13-7-9-22(10-8-13)19(27)21-17(23)14-5-6-16(15(20)11-14)26-12(2)3/h5-6,11-13H,4,7-10H2,1-3H3,(H,21,23,27). The Morgan fingerprint density at radius 2 is 2.00 bits per heavy atom. The molecule has 6 nitrogen and oxygen atoms in total. The minimum absolute atomic E-state index is 0.0473. The molecule has 1 heterocycles. The molecule has 1 aliphatic rings. The van der Waals surface area contributed by atoms with Crippen molar-refractivity contribution in [3.8, 4) is 5.75 Å². The van der Waals surface area contributed by atoms with Gasteiger partial charge >= 0.3 is 5.97 Å². The average molecular weight is 457 g/mol. The number of halogens is 1. The first-order valence-corrected chi connectivity index (χ1v) is 10.2. The largest absolute Gasteiger partial charge is 0.490 e. The fourth-order valence-electron chi connectivity index (χ4n) is 2.82. The van der Waals surface area contributed by atoms with Crippen molar-refractivity contribution in [2.24, 2.45) is 5.92 Å². The number of thiocarbonyl (C=S) groups is 1. The van der Waals surface area contributed by atoms with E-state index in [0.29, 0.717) is 53.4 Å². The van der Waals surface area contributed by atoms with Crippen molar-refractivity contribution < 1.29 is 19.1 Å². The second-order valence-electron chi connectivity index (χ2n) is 6.58. The number of rotatable bonds is 5. The second-order valence-corrected chi connectivity index (χ2v) is 7.83. The quantitative estimate of drug-likeness (QED) is 0.539. The van der Waals surface area contributed by atoms with Gasteiger partial charge in [0.25, 0.3) is 5.91 Å². The third-order valence-corrected chi connectivity index (χ3v) is 5.16. The molecule has 1 saturated heterocycles. The Bertz CT molecular complexity index is 703. The summed E-state index contributed by atoms with van der Waals surface area (Å²) in [6.07, 6.45) is 1.38. The van der Waals surface area contributed by atoms with E-state index in [9.17, 15) is 9.59 Å². The van der Waals surface area contributed by atoms with Gasteiger partial charge in [0.2, 0.25) is 0 Å². The zero-order valence-corrected chi connectivity index (χ0v) is 18.2. The van der Waals surface area contributed by atoms with Gasteiger partial charge in [0.1, 0.15) is 5.75 Å². The molecule has 27 heavy (non-hydrogen) atoms. The maximum Gasteiger partial charge on any atom is 0.309 e. The van der Waals surface area contributed by atoms with Crippen molar-refractivity contribution in [2.45, 2.75) is 39.7 Å². The number of hydrogen-bond donors (Lipinski definition) is 1. The van der Waals surface area contributed by atoms with Gasteiger partial charge in [-0.15, -0.1) is 0 Å². The Morgan fingerprint density at radius 1 is 1.33 bits per heavy atom. The first-order chi connectivity index (χ1) is 12.8. The van der Waals surface area contributed by atoms with Crippen molar-refractivity contribution in [3.05, 3.63) is 28.2 Å². The van der Waals surface area contributed by atoms with Gasteiger partial charge < -0.3 is 14.4 Å². The molecule has 1 N–H and O–H groups in total. The normalized spacial score (nSPS) is 14.8. The van der Waals surface area contributed by atoms with Gasteiger partial charge in [0.15, 0.2) is 5.11 Å². The van der Waals surface area contributed by atoms with E-state index >= 15 is 0 Å². The number of amides is 1. The number of carbonyl (C=O) groups is 2. The lowest BCUT2D eigenvalue weighted by molar-refractivity contribution is -0.149. The van der Waals surface area contributed by atoms with Crippen molar-refractivity contribution in [3.63, 3.8) is 0 Å². The van der Waals surface area contributed by atoms with Gasteiger partial charge in [-0.25, -0.2) is 0 Å². The maximum absolute atomic E-state index is 12.5. The van der Waals surface area contributed by atoms with Crippen LogP contribution in [0.5, 0.6) is 5.75 Å². The van der Waals surface area contributed by atoms with E-state index in [1.165, 1.54) is 0 Å². The Labute approximate surface area is 173 Å². The van der Waals surface area contributed by atoms with E-state index in [1.54, 1.807) is 25.1 Å². The van der Waals surface area contributed by atoms with Crippen LogP contribution in [0.15, 0.2) is 22.7 Å². The monoisotopic (exact) mass is 456 g/mol. The molecule has 0 radical (unpaired) electrons. The van der Waals surface area contributed by atoms with Gasteiger partial charge in [0, 0.05) is 18.7 Å². The maximum atomic E-state index is 12.5. The van der Waals surface area contributed by atoms with Crippen molar-refractivity contribution in [1.29, 1.82) is 0 Å². The van der Waals surface area contributed by atoms with Crippen LogP contribution >= 0.6 is 28.1 Å². The zero-order valence-electron chi connectivity index (χ0n) is 15.8. The molecule has 0 spiro atoms. The summed E-state index contributed by atoms with van der Waals surface area (Å²) in [5.74, 6) is 0.166. The molecule has 0 bridgehead atoms. The van der Waals surface area contributed by atoms with Crippen LogP contribution in [-0.4, -0.2) is 47.7 Å². The summed E-state index contributed by atoms with van der Waals surface area (Å²) >= 11 is 8.79. The lowest BCUT2D eigenvalue weighted by Crippen LogP contribution is -2.47. The molecule has 0 saturated carbocycles. The lowest BCUT2D eigenvalue weighted by Gasteiger charge is -2.32. The number of likely N-dealkylation sites (tertiary alicyclic amines) is 1. The Hall–Kier alpha value is -1.67. The molecule has 1 fully saturated rings. The van der Waals surface area contributed by atoms with Crippen molar-refractivity contribution >= 4 is 45.1 Å². The molecule has 0 atom stereocenters. The number of esters is 1. The summed E-state index contributed by atoms with van der Waals surface area (Å²) in [5.41, 5.74) is 0.488. The summed E-state index contributed by atoms with van der Waals surface area (Å²) in [6.45, 7) is 7.32. The van der Waals surface area contributed by atoms with Gasteiger partial charge in [-0.05, 0) is 80.0 Å². The van der Waals surface area contributed by atoms with Gasteiger partial charge in [-0.1, -0.05) is 0 Å². The molecule has 0 aromatic heterocycles. The van der Waals surface area contributed by atoms with Gasteiger partial charge in [-0.2, -0.15) is 0 Å². The van der Waals surface area contributed by atoms with Crippen LogP contribution in [0.25, 0.3) is 0 Å². The number of hydrogen-bond acceptors (Lipinski definition) is 5. The topological polar surface area (TPSA) is 67.9 Å². The molecule has 1 amide bonds. The number of benzene rings is 1. The first-order valence-electron chi connectivity index (χ1n) is 9.05. The molecule has 2 rings (SSSR count). The van der Waals surface area contributed by atoms with E-state index in [-0.39, 0.29) is 23.9 Å². The third kappa shape index (κ3) is 6.17. The first kappa shape index (κ1) is 21.6. The molecule has 1 aromatic rings. The van der Waals surface area contributed by atoms with Gasteiger partial charge in [-0.3, -0.25) is 14.9 Å². The highest BCUT2D eigenvalue weighted by Crippen LogP contribution is 2.27. The highest BCUT2D eigenvalue weighted by molar-refractivity contribution is 9.10. The number of ether oxygens (including phenoxy) is 2. The average Bonchev–Trinajstić information content (AvgIpc) is 2.63. The fourth-order valence-corrected chi connectivity index (χ4v) is 3.57. The minimum atomic E-state index is -0.274. The zero-order chi connectivity index (χ0) is 20.0. The van der Waals surface area contributed by atoms with Crippen molar-refractivity contribution in [1.82, 2.24) is 10.2 Å². The molecule has 8 heteroatoms. The molecule has 0 unspecified atom stereocenters. The second kappa shape index (κ2) is 10.0. The number of piperidine rings is 1. The summed E-state index contributed by atoms with van der Waals surface area (Å²) in [4.78, 5) is 26.2. The number of nitrogens with zero attached hydrogens (tertiary/aromatic N) is 1. The van der Waals surface area contributed by atoms with Crippen molar-refractivity contribution in [2.75, 3.05) is 19.7 Å². The van der Waals surface area contributed by atoms with Crippen LogP contribution in [0.3, 0.4) is 0 Å².